The Morgan fingerprint density at radius 3 is 2.68 bits per heavy atom. The standard InChI is InChI=1S/C24H24ClN3O3/c1-24-22-18(19-13-17(31-2)7-8-20(19)26-22)10-12-28(24)21(29)14-27(23(24)30)11-9-15-3-5-16(25)6-4-15/h3-8,13,26H,9-12,14H2,1-2H3. The first-order chi connectivity index (χ1) is 14.9. The zero-order valence-electron chi connectivity index (χ0n) is 17.6. The number of ether oxygens (including phenoxy) is 1. The summed E-state index contributed by atoms with van der Waals surface area (Å²) >= 11 is 5.97. The van der Waals surface area contributed by atoms with E-state index in [0.29, 0.717) is 31.0 Å². The summed E-state index contributed by atoms with van der Waals surface area (Å²) in [7, 11) is 1.64. The molecule has 1 atom stereocenters. The largest absolute Gasteiger partial charge is 0.497 e. The van der Waals surface area contributed by atoms with Crippen LogP contribution in [0.4, 0.5) is 0 Å². The molecule has 0 saturated carbocycles. The molecule has 2 aliphatic heterocycles. The molecule has 6 nitrogen and oxygen atoms in total. The molecule has 1 unspecified atom stereocenters. The molecular weight excluding hydrogens is 414 g/mol. The molecule has 160 valence electrons. The number of aromatic amines is 1. The number of carbonyl (C=O) groups excluding carboxylic acids is 2. The molecule has 31 heavy (non-hydrogen) atoms. The zero-order valence-corrected chi connectivity index (χ0v) is 18.3. The molecule has 3 aromatic rings. The van der Waals surface area contributed by atoms with E-state index in [1.807, 2.05) is 49.4 Å². The van der Waals surface area contributed by atoms with Gasteiger partial charge in [0.15, 0.2) is 5.54 Å². The number of hydrogen-bond donors (Lipinski definition) is 1. The monoisotopic (exact) mass is 437 g/mol. The molecule has 1 aromatic heterocycles. The van der Waals surface area contributed by atoms with Crippen LogP contribution < -0.4 is 4.74 Å². The number of nitrogens with one attached hydrogen (secondary N) is 1. The number of rotatable bonds is 4. The number of methoxy groups -OCH3 is 1. The lowest BCUT2D eigenvalue weighted by Crippen LogP contribution is -2.67. The van der Waals surface area contributed by atoms with E-state index in [1.165, 1.54) is 0 Å². The number of carbonyl (C=O) groups is 2. The number of hydrogen-bond acceptors (Lipinski definition) is 3. The normalized spacial score (nSPS) is 20.7. The molecule has 2 amide bonds. The molecule has 0 spiro atoms. The highest BCUT2D eigenvalue weighted by Gasteiger charge is 2.53. The first-order valence-corrected chi connectivity index (χ1v) is 10.8. The average molecular weight is 438 g/mol. The maximum atomic E-state index is 13.7. The second-order valence-corrected chi connectivity index (χ2v) is 8.80. The summed E-state index contributed by atoms with van der Waals surface area (Å²) in [5.41, 5.74) is 2.91. The van der Waals surface area contributed by atoms with Crippen molar-refractivity contribution in [2.75, 3.05) is 26.7 Å². The van der Waals surface area contributed by atoms with E-state index < -0.39 is 5.54 Å². The number of fused-ring (bicyclic) bond motifs is 5. The van der Waals surface area contributed by atoms with Crippen molar-refractivity contribution in [3.8, 4) is 5.75 Å². The van der Waals surface area contributed by atoms with E-state index in [-0.39, 0.29) is 18.4 Å². The van der Waals surface area contributed by atoms with Gasteiger partial charge in [-0.1, -0.05) is 23.7 Å². The summed E-state index contributed by atoms with van der Waals surface area (Å²) in [6, 6.07) is 13.5. The second kappa shape index (κ2) is 7.31. The highest BCUT2D eigenvalue weighted by Crippen LogP contribution is 2.42. The lowest BCUT2D eigenvalue weighted by atomic mass is 9.83. The number of halogens is 1. The van der Waals surface area contributed by atoms with Crippen LogP contribution in [-0.4, -0.2) is 53.3 Å². The number of piperazine rings is 1. The molecule has 2 aromatic carbocycles. The van der Waals surface area contributed by atoms with E-state index in [1.54, 1.807) is 16.9 Å². The summed E-state index contributed by atoms with van der Waals surface area (Å²) < 4.78 is 5.39. The minimum atomic E-state index is -1.03. The number of benzene rings is 2. The van der Waals surface area contributed by atoms with Gasteiger partial charge in [0.2, 0.25) is 5.91 Å². The van der Waals surface area contributed by atoms with Gasteiger partial charge in [-0.05, 0) is 61.2 Å². The molecule has 0 aliphatic carbocycles. The Kier molecular flexibility index (Phi) is 4.70. The Morgan fingerprint density at radius 1 is 1.16 bits per heavy atom. The van der Waals surface area contributed by atoms with E-state index in [2.05, 4.69) is 4.98 Å². The SMILES string of the molecule is COc1ccc2[nH]c3c(c2c1)CCN1C(=O)CN(CCc2ccc(Cl)cc2)C(=O)C31C. The van der Waals surface area contributed by atoms with Crippen LogP contribution in [0.25, 0.3) is 10.9 Å². The van der Waals surface area contributed by atoms with Crippen molar-refractivity contribution in [3.63, 3.8) is 0 Å². The summed E-state index contributed by atoms with van der Waals surface area (Å²) in [5, 5.41) is 1.73. The first-order valence-electron chi connectivity index (χ1n) is 10.4. The molecule has 5 rings (SSSR count). The Morgan fingerprint density at radius 2 is 1.94 bits per heavy atom. The predicted octanol–water partition coefficient (Wildman–Crippen LogP) is 3.51. The molecule has 0 radical (unpaired) electrons. The molecule has 7 heteroatoms. The molecule has 1 fully saturated rings. The van der Waals surface area contributed by atoms with Crippen molar-refractivity contribution in [2.24, 2.45) is 0 Å². The lowest BCUT2D eigenvalue weighted by Gasteiger charge is -2.49. The van der Waals surface area contributed by atoms with Crippen LogP contribution in [0.2, 0.25) is 5.02 Å². The molecular formula is C24H24ClN3O3. The Labute approximate surface area is 185 Å². The van der Waals surface area contributed by atoms with Gasteiger partial charge in [-0.25, -0.2) is 0 Å². The number of amides is 2. The second-order valence-electron chi connectivity index (χ2n) is 8.36. The van der Waals surface area contributed by atoms with Crippen LogP contribution in [0.5, 0.6) is 5.75 Å². The fourth-order valence-electron chi connectivity index (χ4n) is 4.93. The molecule has 0 bridgehead atoms. The summed E-state index contributed by atoms with van der Waals surface area (Å²) in [6.45, 7) is 3.00. The zero-order chi connectivity index (χ0) is 21.8. The number of H-pyrrole nitrogens is 1. The van der Waals surface area contributed by atoms with Crippen LogP contribution in [-0.2, 0) is 28.0 Å². The van der Waals surface area contributed by atoms with Gasteiger partial charge in [-0.3, -0.25) is 9.59 Å². The van der Waals surface area contributed by atoms with Crippen molar-refractivity contribution in [1.29, 1.82) is 0 Å². The van der Waals surface area contributed by atoms with Crippen molar-refractivity contribution >= 4 is 34.3 Å². The van der Waals surface area contributed by atoms with Gasteiger partial charge in [0.05, 0.1) is 19.3 Å². The quantitative estimate of drug-likeness (QED) is 0.679. The van der Waals surface area contributed by atoms with Crippen LogP contribution in [0.1, 0.15) is 23.7 Å². The van der Waals surface area contributed by atoms with Crippen molar-refractivity contribution in [2.45, 2.75) is 25.3 Å². The minimum Gasteiger partial charge on any atom is -0.497 e. The lowest BCUT2D eigenvalue weighted by molar-refractivity contribution is -0.165. The summed E-state index contributed by atoms with van der Waals surface area (Å²) in [4.78, 5) is 33.7. The molecule has 3 heterocycles. The van der Waals surface area contributed by atoms with Gasteiger partial charge in [0.25, 0.3) is 5.91 Å². The molecule has 1 saturated heterocycles. The van der Waals surface area contributed by atoms with Gasteiger partial charge in [0, 0.05) is 29.0 Å². The highest BCUT2D eigenvalue weighted by atomic mass is 35.5. The highest BCUT2D eigenvalue weighted by molar-refractivity contribution is 6.30. The predicted molar refractivity (Wildman–Crippen MR) is 119 cm³/mol. The van der Waals surface area contributed by atoms with Crippen molar-refractivity contribution in [3.05, 3.63) is 64.3 Å². The maximum absolute atomic E-state index is 13.7. The van der Waals surface area contributed by atoms with Crippen molar-refractivity contribution in [1.82, 2.24) is 14.8 Å². The van der Waals surface area contributed by atoms with Gasteiger partial charge in [0.1, 0.15) is 5.75 Å². The van der Waals surface area contributed by atoms with Gasteiger partial charge in [-0.2, -0.15) is 0 Å². The fourth-order valence-corrected chi connectivity index (χ4v) is 5.06. The van der Waals surface area contributed by atoms with E-state index in [0.717, 1.165) is 33.5 Å². The van der Waals surface area contributed by atoms with E-state index >= 15 is 0 Å². The number of nitrogens with zero attached hydrogens (tertiary/aromatic N) is 2. The topological polar surface area (TPSA) is 65.6 Å². The average Bonchev–Trinajstić information content (AvgIpc) is 3.15. The van der Waals surface area contributed by atoms with Gasteiger partial charge in [-0.15, -0.1) is 0 Å². The van der Waals surface area contributed by atoms with Crippen LogP contribution in [0.3, 0.4) is 0 Å². The number of aromatic nitrogens is 1. The maximum Gasteiger partial charge on any atom is 0.254 e. The summed E-state index contributed by atoms with van der Waals surface area (Å²) in [6.07, 6.45) is 1.38. The minimum absolute atomic E-state index is 0.0138. The third-order valence-corrected chi connectivity index (χ3v) is 6.89. The van der Waals surface area contributed by atoms with E-state index in [4.69, 9.17) is 16.3 Å². The third-order valence-electron chi connectivity index (χ3n) is 6.64. The first kappa shape index (κ1) is 19.9. The van der Waals surface area contributed by atoms with E-state index in [9.17, 15) is 9.59 Å². The Bertz CT molecular complexity index is 1190. The van der Waals surface area contributed by atoms with Gasteiger partial charge < -0.3 is 19.5 Å². The fraction of sp³-hybridized carbons (Fsp3) is 0.333. The smallest absolute Gasteiger partial charge is 0.254 e. The Hall–Kier alpha value is -2.99. The molecule has 1 N–H and O–H groups in total. The Balaban J connectivity index is 1.50. The van der Waals surface area contributed by atoms with Crippen LogP contribution in [0, 0.1) is 0 Å². The van der Waals surface area contributed by atoms with Crippen LogP contribution in [0.15, 0.2) is 42.5 Å². The summed E-state index contributed by atoms with van der Waals surface area (Å²) in [5.74, 6) is 0.721. The van der Waals surface area contributed by atoms with Crippen LogP contribution >= 0.6 is 11.6 Å². The third kappa shape index (κ3) is 3.08. The van der Waals surface area contributed by atoms with Crippen molar-refractivity contribution < 1.29 is 14.3 Å². The molecule has 2 aliphatic rings. The van der Waals surface area contributed by atoms with Gasteiger partial charge >= 0.3 is 0 Å².